The van der Waals surface area contributed by atoms with Gasteiger partial charge >= 0.3 is 6.09 Å². The quantitative estimate of drug-likeness (QED) is 0.665. The van der Waals surface area contributed by atoms with E-state index in [-0.39, 0.29) is 5.92 Å². The van der Waals surface area contributed by atoms with Gasteiger partial charge in [0.25, 0.3) is 0 Å². The molecule has 1 saturated carbocycles. The average Bonchev–Trinajstić information content (AvgIpc) is 3.45. The highest BCUT2D eigenvalue weighted by molar-refractivity contribution is 7.82. The molecule has 4 rings (SSSR count). The highest BCUT2D eigenvalue weighted by atomic mass is 35.5. The van der Waals surface area contributed by atoms with E-state index in [1.54, 1.807) is 12.1 Å². The minimum Gasteiger partial charge on any atom is -0.464 e. The molecule has 136 valence electrons. The van der Waals surface area contributed by atoms with E-state index in [1.165, 1.54) is 12.8 Å². The monoisotopic (exact) mass is 408 g/mol. The molecule has 1 aliphatic carbocycles. The van der Waals surface area contributed by atoms with Crippen molar-refractivity contribution in [2.45, 2.75) is 31.3 Å². The Bertz CT molecular complexity index is 873. The van der Waals surface area contributed by atoms with E-state index in [9.17, 15) is 9.90 Å². The van der Waals surface area contributed by atoms with Crippen LogP contribution >= 0.6 is 36.0 Å². The molecule has 1 aliphatic heterocycles. The van der Waals surface area contributed by atoms with Gasteiger partial charge in [0.2, 0.25) is 0 Å². The van der Waals surface area contributed by atoms with Crippen LogP contribution in [0.2, 0.25) is 10.0 Å². The van der Waals surface area contributed by atoms with Crippen molar-refractivity contribution in [2.24, 2.45) is 0 Å². The molecular formula is C19H18Cl2N2O2S. The number of hydrogen-bond acceptors (Lipinski definition) is 3. The zero-order valence-electron chi connectivity index (χ0n) is 13.9. The summed E-state index contributed by atoms with van der Waals surface area (Å²) in [5.74, 6) is -0.0132. The molecule has 1 atom stereocenters. The lowest BCUT2D eigenvalue weighted by Crippen LogP contribution is -2.36. The number of benzene rings is 2. The van der Waals surface area contributed by atoms with Gasteiger partial charge in [-0.25, -0.2) is 9.10 Å². The topological polar surface area (TPSA) is 43.8 Å². The van der Waals surface area contributed by atoms with Crippen molar-refractivity contribution in [3.63, 3.8) is 0 Å². The van der Waals surface area contributed by atoms with Gasteiger partial charge in [-0.2, -0.15) is 0 Å². The van der Waals surface area contributed by atoms with Gasteiger partial charge in [0.05, 0.1) is 5.69 Å². The maximum absolute atomic E-state index is 11.5. The van der Waals surface area contributed by atoms with Crippen LogP contribution in [0.15, 0.2) is 36.4 Å². The van der Waals surface area contributed by atoms with Crippen LogP contribution in [0.4, 0.5) is 10.5 Å². The van der Waals surface area contributed by atoms with Crippen LogP contribution in [0.1, 0.15) is 35.4 Å². The minimum atomic E-state index is -1.11. The fourth-order valence-electron chi connectivity index (χ4n) is 3.76. The Morgan fingerprint density at radius 1 is 1.19 bits per heavy atom. The maximum atomic E-state index is 11.5. The Kier molecular flexibility index (Phi) is 4.82. The summed E-state index contributed by atoms with van der Waals surface area (Å²) >= 11 is 17.0. The molecule has 1 N–H and O–H groups in total. The second-order valence-electron chi connectivity index (χ2n) is 6.82. The third-order valence-electron chi connectivity index (χ3n) is 5.13. The zero-order chi connectivity index (χ0) is 18.4. The molecular weight excluding hydrogens is 391 g/mol. The van der Waals surface area contributed by atoms with Crippen molar-refractivity contribution in [2.75, 3.05) is 10.8 Å². The maximum Gasteiger partial charge on any atom is 0.421 e. The molecule has 1 heterocycles. The number of halogens is 2. The number of rotatable bonds is 3. The number of carboxylic acid groups (broad SMARTS) is 1. The van der Waals surface area contributed by atoms with Crippen molar-refractivity contribution in [1.82, 2.24) is 4.90 Å². The van der Waals surface area contributed by atoms with Gasteiger partial charge in [0.15, 0.2) is 0 Å². The Balaban J connectivity index is 1.85. The first-order valence-electron chi connectivity index (χ1n) is 8.48. The van der Waals surface area contributed by atoms with Gasteiger partial charge in [-0.3, -0.25) is 4.90 Å². The second kappa shape index (κ2) is 6.97. The molecule has 4 nitrogen and oxygen atoms in total. The normalized spacial score (nSPS) is 19.9. The third kappa shape index (κ3) is 3.29. The number of anilines is 1. The number of nitrogens with zero attached hydrogens (tertiary/aromatic N) is 2. The van der Waals surface area contributed by atoms with E-state index >= 15 is 0 Å². The molecule has 0 unspecified atom stereocenters. The first kappa shape index (κ1) is 18.0. The van der Waals surface area contributed by atoms with Gasteiger partial charge in [0, 0.05) is 35.1 Å². The van der Waals surface area contributed by atoms with Crippen LogP contribution < -0.4 is 4.31 Å². The van der Waals surface area contributed by atoms with Crippen molar-refractivity contribution < 1.29 is 9.90 Å². The van der Waals surface area contributed by atoms with E-state index in [0.717, 1.165) is 34.1 Å². The number of amides is 1. The molecule has 26 heavy (non-hydrogen) atoms. The van der Waals surface area contributed by atoms with Crippen molar-refractivity contribution >= 4 is 47.8 Å². The predicted molar refractivity (Wildman–Crippen MR) is 108 cm³/mol. The lowest BCUT2D eigenvalue weighted by Gasteiger charge is -2.37. The SMILES string of the molecule is O=C(O)N(S)c1ccccc1[C@@H]1CN(C2CC2)Cc2c(Cl)cc(Cl)cc21. The summed E-state index contributed by atoms with van der Waals surface area (Å²) in [6, 6.07) is 11.8. The van der Waals surface area contributed by atoms with E-state index < -0.39 is 6.09 Å². The molecule has 0 saturated heterocycles. The minimum absolute atomic E-state index is 0.0132. The lowest BCUT2D eigenvalue weighted by molar-refractivity contribution is 0.206. The lowest BCUT2D eigenvalue weighted by atomic mass is 9.83. The fraction of sp³-hybridized carbons (Fsp3) is 0.316. The molecule has 1 fully saturated rings. The molecule has 2 aromatic rings. The molecule has 1 amide bonds. The fourth-order valence-corrected chi connectivity index (χ4v) is 4.51. The van der Waals surface area contributed by atoms with Crippen LogP contribution in [0.25, 0.3) is 0 Å². The number of thiol groups is 1. The molecule has 7 heteroatoms. The highest BCUT2D eigenvalue weighted by Gasteiger charge is 2.37. The number of fused-ring (bicyclic) bond motifs is 1. The van der Waals surface area contributed by atoms with Crippen LogP contribution in [0.3, 0.4) is 0 Å². The molecule has 0 aromatic heterocycles. The summed E-state index contributed by atoms with van der Waals surface area (Å²) in [5, 5.41) is 10.7. The number of carbonyl (C=O) groups is 1. The van der Waals surface area contributed by atoms with Gasteiger partial charge in [-0.1, -0.05) is 54.2 Å². The summed E-state index contributed by atoms with van der Waals surface area (Å²) < 4.78 is 0.969. The summed E-state index contributed by atoms with van der Waals surface area (Å²) in [5.41, 5.74) is 3.62. The average molecular weight is 409 g/mol. The van der Waals surface area contributed by atoms with E-state index in [2.05, 4.69) is 17.7 Å². The van der Waals surface area contributed by atoms with Crippen LogP contribution in [-0.2, 0) is 6.54 Å². The van der Waals surface area contributed by atoms with Crippen molar-refractivity contribution in [3.8, 4) is 0 Å². The Hall–Kier alpha value is -1.40. The Labute approximate surface area is 167 Å². The van der Waals surface area contributed by atoms with E-state index in [1.807, 2.05) is 24.3 Å². The van der Waals surface area contributed by atoms with Gasteiger partial charge in [-0.15, -0.1) is 0 Å². The molecule has 0 spiro atoms. The summed E-state index contributed by atoms with van der Waals surface area (Å²) in [6.45, 7) is 1.62. The van der Waals surface area contributed by atoms with Crippen LogP contribution in [0.5, 0.6) is 0 Å². The van der Waals surface area contributed by atoms with Gasteiger partial charge in [-0.05, 0) is 47.7 Å². The van der Waals surface area contributed by atoms with Crippen LogP contribution in [0, 0.1) is 0 Å². The molecule has 0 bridgehead atoms. The van der Waals surface area contributed by atoms with Gasteiger partial charge < -0.3 is 5.11 Å². The standard InChI is InChI=1S/C19H18Cl2N2O2S/c20-11-7-14-15(13-3-1-2-4-18(13)23(26)19(24)25)9-22(12-5-6-12)10-16(14)17(21)8-11/h1-4,7-8,12,15,26H,5-6,9-10H2,(H,24,25)/t15-/m0/s1. The van der Waals surface area contributed by atoms with Crippen molar-refractivity contribution in [3.05, 3.63) is 63.1 Å². The number of hydrogen-bond donors (Lipinski definition) is 2. The molecule has 2 aliphatic rings. The Morgan fingerprint density at radius 3 is 2.62 bits per heavy atom. The zero-order valence-corrected chi connectivity index (χ0v) is 16.3. The van der Waals surface area contributed by atoms with E-state index in [4.69, 9.17) is 23.2 Å². The first-order valence-corrected chi connectivity index (χ1v) is 9.64. The highest BCUT2D eigenvalue weighted by Crippen LogP contribution is 2.44. The van der Waals surface area contributed by atoms with E-state index in [0.29, 0.717) is 21.8 Å². The predicted octanol–water partition coefficient (Wildman–Crippen LogP) is 5.43. The third-order valence-corrected chi connectivity index (χ3v) is 6.08. The van der Waals surface area contributed by atoms with Crippen LogP contribution in [-0.4, -0.2) is 28.7 Å². The number of para-hydroxylation sites is 1. The summed E-state index contributed by atoms with van der Waals surface area (Å²) in [6.07, 6.45) is 1.28. The summed E-state index contributed by atoms with van der Waals surface area (Å²) in [7, 11) is 0. The second-order valence-corrected chi connectivity index (χ2v) is 8.07. The molecule has 2 aromatic carbocycles. The smallest absolute Gasteiger partial charge is 0.421 e. The van der Waals surface area contributed by atoms with Crippen molar-refractivity contribution in [1.29, 1.82) is 0 Å². The summed E-state index contributed by atoms with van der Waals surface area (Å²) in [4.78, 5) is 13.9. The largest absolute Gasteiger partial charge is 0.464 e. The van der Waals surface area contributed by atoms with Gasteiger partial charge in [0.1, 0.15) is 0 Å². The first-order chi connectivity index (χ1) is 12.5. The Morgan fingerprint density at radius 2 is 1.92 bits per heavy atom. The molecule has 0 radical (unpaired) electrons.